The lowest BCUT2D eigenvalue weighted by atomic mass is 9.75. The quantitative estimate of drug-likeness (QED) is 0.797. The molecule has 2 aliphatic rings. The number of likely N-dealkylation sites (tertiary alicyclic amines) is 1. The van der Waals surface area contributed by atoms with Crippen LogP contribution in [0, 0.1) is 5.41 Å². The lowest BCUT2D eigenvalue weighted by Gasteiger charge is -2.38. The van der Waals surface area contributed by atoms with Crippen molar-refractivity contribution in [2.75, 3.05) is 20.2 Å². The summed E-state index contributed by atoms with van der Waals surface area (Å²) >= 11 is -1.39. The summed E-state index contributed by atoms with van der Waals surface area (Å²) in [5.41, 5.74) is 2.50. The number of carbonyl (C=O) groups is 1. The minimum Gasteiger partial charge on any atom is -0.591 e. The number of pyridine rings is 1. The van der Waals surface area contributed by atoms with E-state index in [-0.39, 0.29) is 5.41 Å². The van der Waals surface area contributed by atoms with Gasteiger partial charge in [-0.15, -0.1) is 0 Å². The van der Waals surface area contributed by atoms with Gasteiger partial charge in [-0.25, -0.2) is 9.78 Å². The minimum atomic E-state index is -1.39. The summed E-state index contributed by atoms with van der Waals surface area (Å²) in [6, 6.07) is 1.91. The molecule has 1 aliphatic heterocycles. The van der Waals surface area contributed by atoms with Gasteiger partial charge < -0.3 is 19.3 Å². The molecule has 0 radical (unpaired) electrons. The number of hydrogen-bond donors (Lipinski definition) is 1. The lowest BCUT2D eigenvalue weighted by molar-refractivity contribution is 0.115. The number of ether oxygens (including phenoxy) is 1. The van der Waals surface area contributed by atoms with Crippen LogP contribution < -0.4 is 4.74 Å². The number of aromatic nitrogens is 1. The molecule has 1 aromatic rings. The van der Waals surface area contributed by atoms with Crippen molar-refractivity contribution >= 4 is 23.2 Å². The van der Waals surface area contributed by atoms with Crippen LogP contribution in [0.3, 0.4) is 0 Å². The molecule has 1 fully saturated rings. The normalized spacial score (nSPS) is 21.7. The van der Waals surface area contributed by atoms with E-state index in [1.807, 2.05) is 26.8 Å². The summed E-state index contributed by atoms with van der Waals surface area (Å²) < 4.78 is 22.1. The van der Waals surface area contributed by atoms with Gasteiger partial charge in [-0.1, -0.05) is 4.40 Å². The number of fused-ring (bicyclic) bond motifs is 1. The number of methoxy groups -OCH3 is 1. The Labute approximate surface area is 156 Å². The monoisotopic (exact) mass is 379 g/mol. The summed E-state index contributed by atoms with van der Waals surface area (Å²) in [4.78, 5) is 17.0. The SMILES string of the molecule is COc1cc2c(cn1)C(=N[S+]([O-])C(C)(C)C)C1(CCN(C(=O)O)CC1)C2. The topological polar surface area (TPSA) is 98.1 Å². The highest BCUT2D eigenvalue weighted by Crippen LogP contribution is 2.46. The predicted molar refractivity (Wildman–Crippen MR) is 100 cm³/mol. The van der Waals surface area contributed by atoms with Crippen LogP contribution in [0.2, 0.25) is 0 Å². The van der Waals surface area contributed by atoms with Crippen molar-refractivity contribution in [2.45, 2.75) is 44.8 Å². The first-order chi connectivity index (χ1) is 12.2. The number of amides is 1. The van der Waals surface area contributed by atoms with Crippen molar-refractivity contribution in [1.82, 2.24) is 9.88 Å². The third-order valence-corrected chi connectivity index (χ3v) is 6.55. The lowest BCUT2D eigenvalue weighted by Crippen LogP contribution is -2.45. The Morgan fingerprint density at radius 1 is 1.42 bits per heavy atom. The number of nitrogens with zero attached hydrogens (tertiary/aromatic N) is 3. The van der Waals surface area contributed by atoms with E-state index >= 15 is 0 Å². The van der Waals surface area contributed by atoms with Gasteiger partial charge in [-0.3, -0.25) is 0 Å². The Balaban J connectivity index is 2.01. The van der Waals surface area contributed by atoms with Crippen LogP contribution >= 0.6 is 0 Å². The van der Waals surface area contributed by atoms with Crippen molar-refractivity contribution in [1.29, 1.82) is 0 Å². The van der Waals surface area contributed by atoms with Gasteiger partial charge in [-0.2, -0.15) is 0 Å². The smallest absolute Gasteiger partial charge is 0.407 e. The number of rotatable bonds is 2. The molecule has 26 heavy (non-hydrogen) atoms. The predicted octanol–water partition coefficient (Wildman–Crippen LogP) is 2.66. The third-order valence-electron chi connectivity index (χ3n) is 5.15. The van der Waals surface area contributed by atoms with E-state index in [4.69, 9.17) is 4.74 Å². The summed E-state index contributed by atoms with van der Waals surface area (Å²) in [5, 5.41) is 9.25. The van der Waals surface area contributed by atoms with Crippen molar-refractivity contribution < 1.29 is 19.2 Å². The Morgan fingerprint density at radius 2 is 2.08 bits per heavy atom. The molecule has 1 spiro atoms. The molecular formula is C18H25N3O4S. The Morgan fingerprint density at radius 3 is 2.62 bits per heavy atom. The van der Waals surface area contributed by atoms with Crippen LogP contribution in [-0.2, 0) is 17.8 Å². The van der Waals surface area contributed by atoms with E-state index in [2.05, 4.69) is 9.38 Å². The molecule has 1 aliphatic carbocycles. The molecule has 0 saturated carbocycles. The highest BCUT2D eigenvalue weighted by Gasteiger charge is 2.48. The average molecular weight is 379 g/mol. The van der Waals surface area contributed by atoms with Gasteiger partial charge in [0.1, 0.15) is 21.8 Å². The van der Waals surface area contributed by atoms with E-state index in [0.29, 0.717) is 31.8 Å². The maximum absolute atomic E-state index is 12.7. The van der Waals surface area contributed by atoms with Crippen LogP contribution in [0.1, 0.15) is 44.7 Å². The van der Waals surface area contributed by atoms with Gasteiger partial charge in [0.05, 0.1) is 7.11 Å². The largest absolute Gasteiger partial charge is 0.591 e. The van der Waals surface area contributed by atoms with Crippen molar-refractivity contribution in [3.63, 3.8) is 0 Å². The summed E-state index contributed by atoms with van der Waals surface area (Å²) in [7, 11) is 1.58. The second kappa shape index (κ2) is 6.74. The molecule has 0 aromatic carbocycles. The van der Waals surface area contributed by atoms with Crippen LogP contribution in [0.15, 0.2) is 16.7 Å². The highest BCUT2D eigenvalue weighted by atomic mass is 32.2. The molecule has 1 unspecified atom stereocenters. The minimum absolute atomic E-state index is 0.288. The highest BCUT2D eigenvalue weighted by molar-refractivity contribution is 7.91. The van der Waals surface area contributed by atoms with E-state index in [0.717, 1.165) is 23.3 Å². The van der Waals surface area contributed by atoms with E-state index in [1.54, 1.807) is 13.3 Å². The number of piperidine rings is 1. The molecule has 1 amide bonds. The molecule has 3 rings (SSSR count). The molecular weight excluding hydrogens is 354 g/mol. The fourth-order valence-electron chi connectivity index (χ4n) is 3.59. The number of carboxylic acid groups (broad SMARTS) is 1. The van der Waals surface area contributed by atoms with Crippen LogP contribution in [0.5, 0.6) is 5.88 Å². The maximum atomic E-state index is 12.7. The second-order valence-electron chi connectivity index (χ2n) is 7.91. The van der Waals surface area contributed by atoms with Gasteiger partial charge in [0.15, 0.2) is 0 Å². The first-order valence-electron chi connectivity index (χ1n) is 8.69. The summed E-state index contributed by atoms with van der Waals surface area (Å²) in [6.07, 6.45) is 2.92. The zero-order chi connectivity index (χ0) is 19.1. The zero-order valence-electron chi connectivity index (χ0n) is 15.6. The molecule has 0 bridgehead atoms. The maximum Gasteiger partial charge on any atom is 0.407 e. The summed E-state index contributed by atoms with van der Waals surface area (Å²) in [5.74, 6) is 0.542. The van der Waals surface area contributed by atoms with Gasteiger partial charge >= 0.3 is 6.09 Å². The first-order valence-corrected chi connectivity index (χ1v) is 9.79. The van der Waals surface area contributed by atoms with Gasteiger partial charge in [0, 0.05) is 36.3 Å². The van der Waals surface area contributed by atoms with E-state index in [1.165, 1.54) is 4.90 Å². The van der Waals surface area contributed by atoms with Gasteiger partial charge in [-0.05, 0) is 45.6 Å². The van der Waals surface area contributed by atoms with Crippen LogP contribution in [-0.4, -0.2) is 56.3 Å². The number of hydrogen-bond acceptors (Lipinski definition) is 5. The molecule has 2 heterocycles. The molecule has 1 aromatic heterocycles. The molecule has 1 N–H and O–H groups in total. The Bertz CT molecular complexity index is 736. The van der Waals surface area contributed by atoms with E-state index < -0.39 is 22.2 Å². The Kier molecular flexibility index (Phi) is 4.92. The first kappa shape index (κ1) is 19.0. The van der Waals surface area contributed by atoms with Crippen molar-refractivity contribution in [3.8, 4) is 5.88 Å². The molecule has 7 nitrogen and oxygen atoms in total. The zero-order valence-corrected chi connectivity index (χ0v) is 16.4. The van der Waals surface area contributed by atoms with Gasteiger partial charge in [0.25, 0.3) is 0 Å². The van der Waals surface area contributed by atoms with Crippen LogP contribution in [0.4, 0.5) is 4.79 Å². The Hall–Kier alpha value is -1.80. The average Bonchev–Trinajstić information content (AvgIpc) is 2.86. The van der Waals surface area contributed by atoms with Crippen molar-refractivity contribution in [3.05, 3.63) is 23.4 Å². The van der Waals surface area contributed by atoms with Gasteiger partial charge in [0.2, 0.25) is 5.88 Å². The molecule has 1 saturated heterocycles. The van der Waals surface area contributed by atoms with E-state index in [9.17, 15) is 14.5 Å². The van der Waals surface area contributed by atoms with Crippen LogP contribution in [0.25, 0.3) is 0 Å². The molecule has 1 atom stereocenters. The molecule has 142 valence electrons. The fourth-order valence-corrected chi connectivity index (χ4v) is 4.32. The van der Waals surface area contributed by atoms with Crippen molar-refractivity contribution in [2.24, 2.45) is 9.81 Å². The molecule has 8 heteroatoms. The fraction of sp³-hybridized carbons (Fsp3) is 0.611. The summed E-state index contributed by atoms with van der Waals surface area (Å²) in [6.45, 7) is 6.60. The standard InChI is InChI=1S/C18H25N3O4S/c1-17(2,3)26(24)20-15-13-11-19-14(25-4)9-12(13)10-18(15)5-7-21(8-6-18)16(22)23/h9,11H,5-8,10H2,1-4H3,(H,22,23). The second-order valence-corrected chi connectivity index (χ2v) is 9.82. The third kappa shape index (κ3) is 3.40.